The Kier molecular flexibility index (Phi) is 6.22. The van der Waals surface area contributed by atoms with Crippen molar-refractivity contribution < 1.29 is 18.7 Å². The van der Waals surface area contributed by atoms with Crippen LogP contribution in [0.3, 0.4) is 0 Å². The minimum absolute atomic E-state index is 0.156. The third-order valence-corrected chi connectivity index (χ3v) is 5.05. The van der Waals surface area contributed by atoms with Crippen LogP contribution in [0.5, 0.6) is 11.5 Å². The molecule has 6 nitrogen and oxygen atoms in total. The molecular formula is C21H22FN3O3S. The molecule has 1 N–H and O–H groups in total. The molecule has 8 heteroatoms. The molecule has 1 heterocycles. The Labute approximate surface area is 173 Å². The molecule has 0 unspecified atom stereocenters. The number of nitrogens with one attached hydrogen (secondary N) is 1. The third-order valence-electron chi connectivity index (χ3n) is 4.09. The van der Waals surface area contributed by atoms with Crippen molar-refractivity contribution in [3.63, 3.8) is 0 Å². The SMILES string of the molecule is COc1ccc(NC(=O)CSC2=NC(C)(C)N=C2c2ccc(F)cc2)cc1OC. The summed E-state index contributed by atoms with van der Waals surface area (Å²) in [5, 5.41) is 3.49. The summed E-state index contributed by atoms with van der Waals surface area (Å²) in [5.74, 6) is 0.775. The van der Waals surface area contributed by atoms with Crippen LogP contribution in [0.15, 0.2) is 52.4 Å². The Hall–Kier alpha value is -2.87. The summed E-state index contributed by atoms with van der Waals surface area (Å²) in [6.07, 6.45) is 0. The molecule has 0 spiro atoms. The lowest BCUT2D eigenvalue weighted by Gasteiger charge is -2.11. The van der Waals surface area contributed by atoms with Gasteiger partial charge in [0.15, 0.2) is 11.5 Å². The number of rotatable bonds is 6. The van der Waals surface area contributed by atoms with E-state index in [9.17, 15) is 9.18 Å². The highest BCUT2D eigenvalue weighted by Gasteiger charge is 2.28. The second-order valence-electron chi connectivity index (χ2n) is 6.79. The molecule has 3 rings (SSSR count). The van der Waals surface area contributed by atoms with E-state index in [0.717, 1.165) is 5.56 Å². The van der Waals surface area contributed by atoms with Crippen LogP contribution in [0, 0.1) is 5.82 Å². The highest BCUT2D eigenvalue weighted by atomic mass is 32.2. The van der Waals surface area contributed by atoms with Gasteiger partial charge in [-0.15, -0.1) is 0 Å². The van der Waals surface area contributed by atoms with Crippen molar-refractivity contribution in [3.05, 3.63) is 53.8 Å². The number of methoxy groups -OCH3 is 2. The Bertz CT molecular complexity index is 972. The number of aliphatic imine (C=N–C) groups is 2. The number of anilines is 1. The molecule has 0 bridgehead atoms. The fourth-order valence-corrected chi connectivity index (χ4v) is 3.72. The van der Waals surface area contributed by atoms with Crippen molar-refractivity contribution >= 4 is 34.1 Å². The van der Waals surface area contributed by atoms with Crippen LogP contribution in [0.2, 0.25) is 0 Å². The number of amides is 1. The number of hydrogen-bond donors (Lipinski definition) is 1. The summed E-state index contributed by atoms with van der Waals surface area (Å²) in [7, 11) is 3.09. The van der Waals surface area contributed by atoms with Crippen LogP contribution in [0.25, 0.3) is 0 Å². The van der Waals surface area contributed by atoms with Crippen molar-refractivity contribution in [1.29, 1.82) is 0 Å². The fraction of sp³-hybridized carbons (Fsp3) is 0.286. The first-order valence-corrected chi connectivity index (χ1v) is 9.90. The molecule has 0 aliphatic carbocycles. The summed E-state index contributed by atoms with van der Waals surface area (Å²) in [6.45, 7) is 3.77. The monoisotopic (exact) mass is 415 g/mol. The fourth-order valence-electron chi connectivity index (χ4n) is 2.79. The van der Waals surface area contributed by atoms with Crippen LogP contribution in [0.4, 0.5) is 10.1 Å². The lowest BCUT2D eigenvalue weighted by molar-refractivity contribution is -0.113. The molecule has 2 aromatic rings. The minimum atomic E-state index is -0.619. The van der Waals surface area contributed by atoms with E-state index in [1.807, 2.05) is 13.8 Å². The number of thioether (sulfide) groups is 1. The van der Waals surface area contributed by atoms with Crippen LogP contribution in [-0.4, -0.2) is 42.3 Å². The summed E-state index contributed by atoms with van der Waals surface area (Å²) in [5.41, 5.74) is 1.42. The van der Waals surface area contributed by atoms with Gasteiger partial charge in [-0.25, -0.2) is 9.38 Å². The molecule has 29 heavy (non-hydrogen) atoms. The Morgan fingerprint density at radius 1 is 1.07 bits per heavy atom. The zero-order valence-electron chi connectivity index (χ0n) is 16.7. The average molecular weight is 415 g/mol. The summed E-state index contributed by atoms with van der Waals surface area (Å²) >= 11 is 1.30. The maximum atomic E-state index is 13.2. The lowest BCUT2D eigenvalue weighted by Crippen LogP contribution is -2.17. The minimum Gasteiger partial charge on any atom is -0.493 e. The number of carbonyl (C=O) groups is 1. The van der Waals surface area contributed by atoms with E-state index in [4.69, 9.17) is 9.47 Å². The van der Waals surface area contributed by atoms with Crippen LogP contribution < -0.4 is 14.8 Å². The molecule has 152 valence electrons. The Morgan fingerprint density at radius 2 is 1.76 bits per heavy atom. The van der Waals surface area contributed by atoms with Gasteiger partial charge in [-0.1, -0.05) is 11.8 Å². The van der Waals surface area contributed by atoms with E-state index in [1.165, 1.54) is 31.0 Å². The second kappa shape index (κ2) is 8.65. The van der Waals surface area contributed by atoms with Crippen molar-refractivity contribution in [2.45, 2.75) is 19.5 Å². The van der Waals surface area contributed by atoms with E-state index in [-0.39, 0.29) is 17.5 Å². The predicted octanol–water partition coefficient (Wildman–Crippen LogP) is 4.15. The molecule has 1 aliphatic rings. The number of halogens is 1. The largest absolute Gasteiger partial charge is 0.493 e. The number of nitrogens with zero attached hydrogens (tertiary/aromatic N) is 2. The van der Waals surface area contributed by atoms with E-state index in [0.29, 0.717) is 27.9 Å². The van der Waals surface area contributed by atoms with Gasteiger partial charge in [-0.3, -0.25) is 9.79 Å². The molecule has 0 fully saturated rings. The number of hydrogen-bond acceptors (Lipinski definition) is 6. The van der Waals surface area contributed by atoms with Crippen molar-refractivity contribution in [1.82, 2.24) is 0 Å². The molecule has 0 radical (unpaired) electrons. The number of ether oxygens (including phenoxy) is 2. The van der Waals surface area contributed by atoms with Crippen LogP contribution >= 0.6 is 11.8 Å². The quantitative estimate of drug-likeness (QED) is 0.769. The zero-order valence-corrected chi connectivity index (χ0v) is 17.5. The summed E-state index contributed by atoms with van der Waals surface area (Å²) < 4.78 is 23.7. The van der Waals surface area contributed by atoms with Gasteiger partial charge in [0.1, 0.15) is 16.5 Å². The Morgan fingerprint density at radius 3 is 2.41 bits per heavy atom. The molecule has 1 aliphatic heterocycles. The lowest BCUT2D eigenvalue weighted by atomic mass is 10.1. The number of benzene rings is 2. The van der Waals surface area contributed by atoms with Crippen LogP contribution in [0.1, 0.15) is 19.4 Å². The molecule has 0 saturated heterocycles. The van der Waals surface area contributed by atoms with E-state index in [2.05, 4.69) is 15.3 Å². The van der Waals surface area contributed by atoms with Crippen molar-refractivity contribution in [2.24, 2.45) is 9.98 Å². The topological polar surface area (TPSA) is 72.3 Å². The van der Waals surface area contributed by atoms with Gasteiger partial charge < -0.3 is 14.8 Å². The normalized spacial score (nSPS) is 14.8. The molecule has 0 aromatic heterocycles. The van der Waals surface area contributed by atoms with E-state index >= 15 is 0 Å². The maximum absolute atomic E-state index is 13.2. The standard InChI is InChI=1S/C21H22FN3O3S/c1-21(2)24-19(13-5-7-14(22)8-6-13)20(25-21)29-12-18(26)23-15-9-10-16(27-3)17(11-15)28-4/h5-11H,12H2,1-4H3,(H,23,26). The highest BCUT2D eigenvalue weighted by molar-refractivity contribution is 8.16. The summed E-state index contributed by atoms with van der Waals surface area (Å²) in [4.78, 5) is 21.6. The first-order chi connectivity index (χ1) is 13.8. The zero-order chi connectivity index (χ0) is 21.0. The third kappa shape index (κ3) is 5.14. The smallest absolute Gasteiger partial charge is 0.234 e. The van der Waals surface area contributed by atoms with E-state index < -0.39 is 5.66 Å². The molecule has 0 saturated carbocycles. The Balaban J connectivity index is 1.67. The first-order valence-electron chi connectivity index (χ1n) is 8.92. The average Bonchev–Trinajstić information content (AvgIpc) is 3.01. The van der Waals surface area contributed by atoms with Gasteiger partial charge >= 0.3 is 0 Å². The van der Waals surface area contributed by atoms with Gasteiger partial charge in [-0.05, 0) is 50.2 Å². The number of carbonyl (C=O) groups excluding carboxylic acids is 1. The van der Waals surface area contributed by atoms with Gasteiger partial charge in [-0.2, -0.15) is 0 Å². The van der Waals surface area contributed by atoms with Gasteiger partial charge in [0.05, 0.1) is 25.7 Å². The van der Waals surface area contributed by atoms with Crippen molar-refractivity contribution in [2.75, 3.05) is 25.3 Å². The van der Waals surface area contributed by atoms with Gasteiger partial charge in [0.25, 0.3) is 0 Å². The second-order valence-corrected chi connectivity index (χ2v) is 7.75. The predicted molar refractivity (Wildman–Crippen MR) is 115 cm³/mol. The van der Waals surface area contributed by atoms with Gasteiger partial charge in [0.2, 0.25) is 5.91 Å². The first kappa shape index (κ1) is 20.9. The molecular weight excluding hydrogens is 393 g/mol. The van der Waals surface area contributed by atoms with Crippen molar-refractivity contribution in [3.8, 4) is 11.5 Å². The summed E-state index contributed by atoms with van der Waals surface area (Å²) in [6, 6.07) is 11.3. The molecule has 2 aromatic carbocycles. The maximum Gasteiger partial charge on any atom is 0.234 e. The van der Waals surface area contributed by atoms with Gasteiger partial charge in [0, 0.05) is 17.3 Å². The molecule has 1 amide bonds. The van der Waals surface area contributed by atoms with E-state index in [1.54, 1.807) is 37.4 Å². The highest BCUT2D eigenvalue weighted by Crippen LogP contribution is 2.30. The van der Waals surface area contributed by atoms with Crippen LogP contribution in [-0.2, 0) is 4.79 Å². The molecule has 0 atom stereocenters.